The number of hydrogen-bond acceptors (Lipinski definition) is 2. The standard InChI is InChI=1S/C11H10F5NO/c1-11(18)3-17(4-11)2-5-6(12)8(14)10(16)9(15)7(5)13/h18H,2-4H2,1H3. The van der Waals surface area contributed by atoms with Crippen molar-refractivity contribution in [2.75, 3.05) is 13.1 Å². The molecule has 0 spiro atoms. The van der Waals surface area contributed by atoms with Gasteiger partial charge in [-0.3, -0.25) is 4.90 Å². The van der Waals surface area contributed by atoms with Crippen molar-refractivity contribution in [3.63, 3.8) is 0 Å². The van der Waals surface area contributed by atoms with Gasteiger partial charge in [0.2, 0.25) is 5.82 Å². The summed E-state index contributed by atoms with van der Waals surface area (Å²) in [5.74, 6) is -9.70. The highest BCUT2D eigenvalue weighted by Gasteiger charge is 2.38. The molecule has 0 saturated carbocycles. The smallest absolute Gasteiger partial charge is 0.200 e. The number of benzene rings is 1. The third-order valence-corrected chi connectivity index (χ3v) is 2.81. The molecule has 1 aromatic rings. The summed E-state index contributed by atoms with van der Waals surface area (Å²) in [5.41, 5.74) is -1.86. The Labute approximate surface area is 99.6 Å². The first-order chi connectivity index (χ1) is 8.23. The molecule has 2 nitrogen and oxygen atoms in total. The Morgan fingerprint density at radius 3 is 1.72 bits per heavy atom. The second-order valence-corrected chi connectivity index (χ2v) is 4.69. The van der Waals surface area contributed by atoms with Gasteiger partial charge in [-0.15, -0.1) is 0 Å². The number of β-amino-alcohol motifs (C(OH)–C–C–N with tert-alkyl or cyclic N) is 1. The van der Waals surface area contributed by atoms with Crippen LogP contribution >= 0.6 is 0 Å². The molecule has 2 rings (SSSR count). The first kappa shape index (κ1) is 13.2. The zero-order chi connectivity index (χ0) is 13.7. The van der Waals surface area contributed by atoms with Crippen LogP contribution in [0.3, 0.4) is 0 Å². The van der Waals surface area contributed by atoms with Gasteiger partial charge in [-0.1, -0.05) is 0 Å². The Hall–Kier alpha value is -1.21. The molecule has 0 unspecified atom stereocenters. The first-order valence-electron chi connectivity index (χ1n) is 5.18. The lowest BCUT2D eigenvalue weighted by atomic mass is 9.96. The summed E-state index contributed by atoms with van der Waals surface area (Å²) in [5, 5.41) is 9.42. The minimum atomic E-state index is -2.16. The average Bonchev–Trinajstić information content (AvgIpc) is 2.27. The predicted octanol–water partition coefficient (Wildman–Crippen LogP) is 1.95. The third kappa shape index (κ3) is 2.08. The van der Waals surface area contributed by atoms with E-state index >= 15 is 0 Å². The van der Waals surface area contributed by atoms with E-state index < -0.39 is 46.8 Å². The van der Waals surface area contributed by atoms with Gasteiger partial charge in [0.1, 0.15) is 0 Å². The fraction of sp³-hybridized carbons (Fsp3) is 0.455. The number of hydrogen-bond donors (Lipinski definition) is 1. The molecule has 7 heteroatoms. The highest BCUT2D eigenvalue weighted by atomic mass is 19.2. The van der Waals surface area contributed by atoms with Gasteiger partial charge < -0.3 is 5.11 Å². The van der Waals surface area contributed by atoms with Crippen molar-refractivity contribution in [2.24, 2.45) is 0 Å². The van der Waals surface area contributed by atoms with E-state index in [-0.39, 0.29) is 13.1 Å². The lowest BCUT2D eigenvalue weighted by molar-refractivity contribution is -0.0879. The van der Waals surface area contributed by atoms with Gasteiger partial charge in [-0.25, -0.2) is 22.0 Å². The molecule has 1 saturated heterocycles. The van der Waals surface area contributed by atoms with Gasteiger partial charge in [-0.2, -0.15) is 0 Å². The van der Waals surface area contributed by atoms with Crippen LogP contribution < -0.4 is 0 Å². The second-order valence-electron chi connectivity index (χ2n) is 4.69. The van der Waals surface area contributed by atoms with Crippen LogP contribution in [0.25, 0.3) is 0 Å². The van der Waals surface area contributed by atoms with E-state index in [0.29, 0.717) is 0 Å². The monoisotopic (exact) mass is 267 g/mol. The molecule has 0 atom stereocenters. The van der Waals surface area contributed by atoms with Crippen LogP contribution in [0, 0.1) is 29.1 Å². The highest BCUT2D eigenvalue weighted by molar-refractivity contribution is 5.24. The summed E-state index contributed by atoms with van der Waals surface area (Å²) < 4.78 is 65.2. The van der Waals surface area contributed by atoms with Gasteiger partial charge in [-0.05, 0) is 6.92 Å². The van der Waals surface area contributed by atoms with Crippen molar-refractivity contribution < 1.29 is 27.1 Å². The highest BCUT2D eigenvalue weighted by Crippen LogP contribution is 2.27. The molecule has 1 N–H and O–H groups in total. The molecule has 1 aliphatic rings. The quantitative estimate of drug-likeness (QED) is 0.503. The molecule has 1 aliphatic heterocycles. The van der Waals surface area contributed by atoms with Crippen LogP contribution in [0.2, 0.25) is 0 Å². The van der Waals surface area contributed by atoms with Crippen molar-refractivity contribution in [1.82, 2.24) is 4.90 Å². The summed E-state index contributed by atoms with van der Waals surface area (Å²) in [6.45, 7) is 1.32. The lowest BCUT2D eigenvalue weighted by Gasteiger charge is -2.44. The maximum absolute atomic E-state index is 13.3. The van der Waals surface area contributed by atoms with Crippen molar-refractivity contribution >= 4 is 0 Å². The minimum absolute atomic E-state index is 0.118. The lowest BCUT2D eigenvalue weighted by Crippen LogP contribution is -2.59. The van der Waals surface area contributed by atoms with Gasteiger partial charge in [0.15, 0.2) is 23.3 Å². The predicted molar refractivity (Wildman–Crippen MR) is 52.1 cm³/mol. The van der Waals surface area contributed by atoms with Gasteiger partial charge in [0.05, 0.1) is 5.60 Å². The summed E-state index contributed by atoms with van der Waals surface area (Å²) in [6.07, 6.45) is 0. The molecular weight excluding hydrogens is 257 g/mol. The van der Waals surface area contributed by atoms with Crippen LogP contribution in [0.1, 0.15) is 12.5 Å². The zero-order valence-electron chi connectivity index (χ0n) is 9.41. The molecule has 0 amide bonds. The third-order valence-electron chi connectivity index (χ3n) is 2.81. The van der Waals surface area contributed by atoms with Gasteiger partial charge in [0.25, 0.3) is 0 Å². The first-order valence-corrected chi connectivity index (χ1v) is 5.18. The molecule has 1 aromatic carbocycles. The topological polar surface area (TPSA) is 23.5 Å². The van der Waals surface area contributed by atoms with Crippen LogP contribution in [-0.4, -0.2) is 28.7 Å². The Morgan fingerprint density at radius 2 is 1.33 bits per heavy atom. The molecule has 1 fully saturated rings. The Morgan fingerprint density at radius 1 is 0.944 bits per heavy atom. The summed E-state index contributed by atoms with van der Waals surface area (Å²) in [6, 6.07) is 0. The van der Waals surface area contributed by atoms with Crippen molar-refractivity contribution in [2.45, 2.75) is 19.1 Å². The zero-order valence-corrected chi connectivity index (χ0v) is 9.41. The molecule has 0 bridgehead atoms. The van der Waals surface area contributed by atoms with E-state index in [2.05, 4.69) is 0 Å². The molecule has 1 heterocycles. The largest absolute Gasteiger partial charge is 0.388 e. The van der Waals surface area contributed by atoms with E-state index in [9.17, 15) is 27.1 Å². The van der Waals surface area contributed by atoms with Crippen molar-refractivity contribution in [3.05, 3.63) is 34.6 Å². The molecule has 0 aliphatic carbocycles. The van der Waals surface area contributed by atoms with Crippen LogP contribution in [0.5, 0.6) is 0 Å². The van der Waals surface area contributed by atoms with Crippen molar-refractivity contribution in [3.8, 4) is 0 Å². The maximum Gasteiger partial charge on any atom is 0.200 e. The van der Waals surface area contributed by atoms with E-state index in [0.717, 1.165) is 0 Å². The van der Waals surface area contributed by atoms with E-state index in [1.165, 1.54) is 11.8 Å². The minimum Gasteiger partial charge on any atom is -0.388 e. The molecular formula is C11H10F5NO. The number of nitrogens with zero attached hydrogens (tertiary/aromatic N) is 1. The van der Waals surface area contributed by atoms with E-state index in [4.69, 9.17) is 0 Å². The fourth-order valence-electron chi connectivity index (χ4n) is 2.04. The second kappa shape index (κ2) is 4.17. The van der Waals surface area contributed by atoms with Gasteiger partial charge >= 0.3 is 0 Å². The number of aliphatic hydroxyl groups is 1. The van der Waals surface area contributed by atoms with Gasteiger partial charge in [0, 0.05) is 25.2 Å². The fourth-order valence-corrected chi connectivity index (χ4v) is 2.04. The number of rotatable bonds is 2. The van der Waals surface area contributed by atoms with Crippen LogP contribution in [-0.2, 0) is 6.54 Å². The Balaban J connectivity index is 2.29. The van der Waals surface area contributed by atoms with Crippen molar-refractivity contribution in [1.29, 1.82) is 0 Å². The number of likely N-dealkylation sites (tertiary alicyclic amines) is 1. The molecule has 100 valence electrons. The summed E-state index contributed by atoms with van der Waals surface area (Å²) in [4.78, 5) is 1.39. The summed E-state index contributed by atoms with van der Waals surface area (Å²) >= 11 is 0. The molecule has 18 heavy (non-hydrogen) atoms. The SMILES string of the molecule is CC1(O)CN(Cc2c(F)c(F)c(F)c(F)c2F)C1. The number of halogens is 5. The van der Waals surface area contributed by atoms with Crippen LogP contribution in [0.4, 0.5) is 22.0 Å². The Bertz CT molecular complexity index is 466. The molecule has 0 radical (unpaired) electrons. The van der Waals surface area contributed by atoms with Crippen LogP contribution in [0.15, 0.2) is 0 Å². The average molecular weight is 267 g/mol. The Kier molecular flexibility index (Phi) is 3.06. The van der Waals surface area contributed by atoms with E-state index in [1.54, 1.807) is 0 Å². The van der Waals surface area contributed by atoms with E-state index in [1.807, 2.05) is 0 Å². The normalized spacial score (nSPS) is 18.8. The maximum atomic E-state index is 13.3. The summed E-state index contributed by atoms with van der Waals surface area (Å²) in [7, 11) is 0. The molecule has 0 aromatic heterocycles.